The van der Waals surface area contributed by atoms with Gasteiger partial charge in [0.1, 0.15) is 6.42 Å². The van der Waals surface area contributed by atoms with E-state index in [1.807, 2.05) is 12.1 Å². The van der Waals surface area contributed by atoms with E-state index in [1.165, 1.54) is 0 Å². The molecule has 120 valence electrons. The summed E-state index contributed by atoms with van der Waals surface area (Å²) in [6, 6.07) is 8.93. The molecule has 0 unspecified atom stereocenters. The van der Waals surface area contributed by atoms with E-state index in [4.69, 9.17) is 10.00 Å². The Morgan fingerprint density at radius 3 is 2.57 bits per heavy atom. The fourth-order valence-electron chi connectivity index (χ4n) is 2.19. The summed E-state index contributed by atoms with van der Waals surface area (Å²) in [7, 11) is 0. The maximum atomic E-state index is 11.9. The zero-order valence-electron chi connectivity index (χ0n) is 12.8. The largest absolute Gasteiger partial charge is 0.381 e. The van der Waals surface area contributed by atoms with Crippen LogP contribution >= 0.6 is 0 Å². The van der Waals surface area contributed by atoms with Crippen LogP contribution in [0.4, 0.5) is 5.69 Å². The topological polar surface area (TPSA) is 91.2 Å². The molecule has 1 saturated heterocycles. The lowest BCUT2D eigenvalue weighted by molar-refractivity contribution is -0.117. The number of rotatable bonds is 5. The van der Waals surface area contributed by atoms with Crippen LogP contribution < -0.4 is 10.6 Å². The molecule has 1 aromatic carbocycles. The predicted octanol–water partition coefficient (Wildman–Crippen LogP) is 1.89. The summed E-state index contributed by atoms with van der Waals surface area (Å²) in [6.45, 7) is 1.78. The van der Waals surface area contributed by atoms with Gasteiger partial charge in [0.15, 0.2) is 0 Å². The second-order valence-electron chi connectivity index (χ2n) is 5.21. The van der Waals surface area contributed by atoms with E-state index >= 15 is 0 Å². The van der Waals surface area contributed by atoms with Gasteiger partial charge in [-0.2, -0.15) is 5.26 Å². The molecule has 2 amide bonds. The zero-order chi connectivity index (χ0) is 16.5. The minimum absolute atomic E-state index is 0.103. The molecule has 0 spiro atoms. The maximum Gasteiger partial charge on any atom is 0.244 e. The van der Waals surface area contributed by atoms with Gasteiger partial charge in [-0.15, -0.1) is 0 Å². The number of hydrogen-bond acceptors (Lipinski definition) is 4. The quantitative estimate of drug-likeness (QED) is 0.812. The highest BCUT2D eigenvalue weighted by Crippen LogP contribution is 2.13. The fraction of sp³-hybridized carbons (Fsp3) is 0.353. The number of benzene rings is 1. The minimum Gasteiger partial charge on any atom is -0.381 e. The molecule has 23 heavy (non-hydrogen) atoms. The Morgan fingerprint density at radius 2 is 1.91 bits per heavy atom. The third kappa shape index (κ3) is 5.93. The number of nitriles is 1. The lowest BCUT2D eigenvalue weighted by Gasteiger charge is -2.14. The molecule has 0 atom stereocenters. The number of nitrogens with zero attached hydrogens (tertiary/aromatic N) is 1. The van der Waals surface area contributed by atoms with E-state index in [1.54, 1.807) is 24.3 Å². The Morgan fingerprint density at radius 1 is 1.22 bits per heavy atom. The number of hydrogen-bond donors (Lipinski definition) is 2. The monoisotopic (exact) mass is 313 g/mol. The van der Waals surface area contributed by atoms with Crippen LogP contribution in [0.25, 0.3) is 0 Å². The van der Waals surface area contributed by atoms with E-state index in [-0.39, 0.29) is 18.2 Å². The summed E-state index contributed by atoms with van der Waals surface area (Å²) in [5.74, 6) is -0.440. The molecule has 1 aromatic rings. The first kappa shape index (κ1) is 16.7. The van der Waals surface area contributed by atoms with Crippen LogP contribution in [0.5, 0.6) is 0 Å². The highest BCUT2D eigenvalue weighted by atomic mass is 16.5. The van der Waals surface area contributed by atoms with Crippen molar-refractivity contribution in [2.24, 2.45) is 0 Å². The van der Waals surface area contributed by atoms with Crippen molar-refractivity contribution in [2.45, 2.75) is 25.8 Å². The average Bonchev–Trinajstić information content (AvgIpc) is 2.55. The van der Waals surface area contributed by atoms with Gasteiger partial charge >= 0.3 is 0 Å². The second-order valence-corrected chi connectivity index (χ2v) is 5.21. The van der Waals surface area contributed by atoms with Crippen molar-refractivity contribution < 1.29 is 14.3 Å². The smallest absolute Gasteiger partial charge is 0.244 e. The molecule has 0 aliphatic carbocycles. The van der Waals surface area contributed by atoms with Gasteiger partial charge < -0.3 is 15.4 Å². The van der Waals surface area contributed by atoms with Crippen LogP contribution in [-0.4, -0.2) is 25.0 Å². The molecular formula is C17H19N3O3. The molecule has 0 bridgehead atoms. The first-order chi connectivity index (χ1) is 11.2. The van der Waals surface area contributed by atoms with E-state index in [2.05, 4.69) is 10.6 Å². The Bertz CT molecular complexity index is 621. The molecule has 6 nitrogen and oxygen atoms in total. The molecule has 1 aliphatic rings. The van der Waals surface area contributed by atoms with Gasteiger partial charge in [-0.05, 0) is 30.5 Å². The van der Waals surface area contributed by atoms with E-state index in [0.717, 1.165) is 24.0 Å². The van der Waals surface area contributed by atoms with Gasteiger partial charge in [0.05, 0.1) is 19.3 Å². The van der Waals surface area contributed by atoms with Crippen LogP contribution in [0.15, 0.2) is 35.9 Å². The van der Waals surface area contributed by atoms with Crippen LogP contribution in [0.3, 0.4) is 0 Å². The van der Waals surface area contributed by atoms with Crippen molar-refractivity contribution in [3.8, 4) is 6.07 Å². The van der Waals surface area contributed by atoms with E-state index in [0.29, 0.717) is 25.4 Å². The Kier molecular flexibility index (Phi) is 6.33. The normalized spacial score (nSPS) is 13.8. The summed E-state index contributed by atoms with van der Waals surface area (Å²) < 4.78 is 5.24. The molecule has 0 saturated carbocycles. The third-order valence-electron chi connectivity index (χ3n) is 3.41. The van der Waals surface area contributed by atoms with Crippen LogP contribution in [0.2, 0.25) is 0 Å². The van der Waals surface area contributed by atoms with E-state index in [9.17, 15) is 9.59 Å². The SMILES string of the molecule is N#CCC(=O)Nc1ccc(CNC(=O)C=C2CCOCC2)cc1. The molecular weight excluding hydrogens is 294 g/mol. The molecule has 2 N–H and O–H groups in total. The fourth-order valence-corrected chi connectivity index (χ4v) is 2.19. The third-order valence-corrected chi connectivity index (χ3v) is 3.41. The number of carbonyl (C=O) groups excluding carboxylic acids is 2. The Hall–Kier alpha value is -2.65. The molecule has 1 aliphatic heterocycles. The van der Waals surface area contributed by atoms with Gasteiger partial charge in [-0.25, -0.2) is 0 Å². The van der Waals surface area contributed by atoms with Crippen molar-refractivity contribution in [1.29, 1.82) is 5.26 Å². The molecule has 0 radical (unpaired) electrons. The average molecular weight is 313 g/mol. The predicted molar refractivity (Wildman–Crippen MR) is 85.3 cm³/mol. The molecule has 0 aromatic heterocycles. The van der Waals surface area contributed by atoms with Crippen molar-refractivity contribution >= 4 is 17.5 Å². The maximum absolute atomic E-state index is 11.9. The van der Waals surface area contributed by atoms with Crippen molar-refractivity contribution in [3.05, 3.63) is 41.5 Å². The van der Waals surface area contributed by atoms with Crippen LogP contribution in [0, 0.1) is 11.3 Å². The minimum atomic E-state index is -0.336. The molecule has 1 fully saturated rings. The van der Waals surface area contributed by atoms with Crippen molar-refractivity contribution in [1.82, 2.24) is 5.32 Å². The van der Waals surface area contributed by atoms with Gasteiger partial charge in [0.25, 0.3) is 0 Å². The van der Waals surface area contributed by atoms with Gasteiger partial charge in [0, 0.05) is 18.3 Å². The van der Waals surface area contributed by atoms with Gasteiger partial charge in [-0.1, -0.05) is 17.7 Å². The first-order valence-electron chi connectivity index (χ1n) is 7.48. The second kappa shape index (κ2) is 8.71. The lowest BCUT2D eigenvalue weighted by atomic mass is 10.1. The molecule has 6 heteroatoms. The number of carbonyl (C=O) groups is 2. The summed E-state index contributed by atoms with van der Waals surface area (Å²) in [6.07, 6.45) is 3.10. The summed E-state index contributed by atoms with van der Waals surface area (Å²) >= 11 is 0. The van der Waals surface area contributed by atoms with Gasteiger partial charge in [-0.3, -0.25) is 9.59 Å². The number of ether oxygens (including phenoxy) is 1. The van der Waals surface area contributed by atoms with Gasteiger partial charge in [0.2, 0.25) is 11.8 Å². The highest BCUT2D eigenvalue weighted by Gasteiger charge is 2.07. The Balaban J connectivity index is 1.80. The molecule has 1 heterocycles. The zero-order valence-corrected chi connectivity index (χ0v) is 12.8. The Labute approximate surface area is 135 Å². The summed E-state index contributed by atoms with van der Waals surface area (Å²) in [4.78, 5) is 23.1. The van der Waals surface area contributed by atoms with Crippen molar-refractivity contribution in [3.63, 3.8) is 0 Å². The number of nitrogens with one attached hydrogen (secondary N) is 2. The van der Waals surface area contributed by atoms with Crippen molar-refractivity contribution in [2.75, 3.05) is 18.5 Å². The van der Waals surface area contributed by atoms with Crippen LogP contribution in [-0.2, 0) is 20.9 Å². The first-order valence-corrected chi connectivity index (χ1v) is 7.48. The summed E-state index contributed by atoms with van der Waals surface area (Å²) in [5.41, 5.74) is 2.68. The molecule has 2 rings (SSSR count). The highest BCUT2D eigenvalue weighted by molar-refractivity contribution is 5.92. The van der Waals surface area contributed by atoms with Crippen LogP contribution in [0.1, 0.15) is 24.8 Å². The van der Waals surface area contributed by atoms with E-state index < -0.39 is 0 Å². The summed E-state index contributed by atoms with van der Waals surface area (Å²) in [5, 5.41) is 13.9. The standard InChI is InChI=1S/C17H19N3O3/c18-8-5-16(21)20-15-3-1-14(2-4-15)12-19-17(22)11-13-6-9-23-10-7-13/h1-4,11H,5-7,9-10,12H2,(H,19,22)(H,20,21). The number of anilines is 1. The number of amides is 2. The lowest BCUT2D eigenvalue weighted by Crippen LogP contribution is -2.21.